The molecule has 1 fully saturated rings. The van der Waals surface area contributed by atoms with Gasteiger partial charge in [-0.1, -0.05) is 23.7 Å². The van der Waals surface area contributed by atoms with E-state index in [9.17, 15) is 4.79 Å². The standard InChI is InChI=1S/C16H23ClN2O/c1-18(2)13-7-10-19(11-8-13)12-9-16(20)14-5-3-4-6-15(14)17/h3-6,13H,7-12H2,1-2H3. The molecule has 0 amide bonds. The average molecular weight is 295 g/mol. The summed E-state index contributed by atoms with van der Waals surface area (Å²) in [5.74, 6) is 0.144. The summed E-state index contributed by atoms with van der Waals surface area (Å²) < 4.78 is 0. The second-order valence-corrected chi connectivity index (χ2v) is 6.10. The Morgan fingerprint density at radius 2 is 1.95 bits per heavy atom. The minimum atomic E-state index is 0.144. The Kier molecular flexibility index (Phi) is 5.58. The van der Waals surface area contributed by atoms with Crippen LogP contribution in [0.4, 0.5) is 0 Å². The van der Waals surface area contributed by atoms with Crippen LogP contribution in [0.1, 0.15) is 29.6 Å². The van der Waals surface area contributed by atoms with Crippen LogP contribution < -0.4 is 0 Å². The predicted molar refractivity (Wildman–Crippen MR) is 83.5 cm³/mol. The average Bonchev–Trinajstić information content (AvgIpc) is 2.45. The summed E-state index contributed by atoms with van der Waals surface area (Å²) in [5.41, 5.74) is 0.650. The third kappa shape index (κ3) is 4.05. The van der Waals surface area contributed by atoms with E-state index in [4.69, 9.17) is 11.6 Å². The molecule has 0 aliphatic carbocycles. The number of ketones is 1. The normalized spacial score (nSPS) is 17.6. The molecular weight excluding hydrogens is 272 g/mol. The largest absolute Gasteiger partial charge is 0.306 e. The van der Waals surface area contributed by atoms with Gasteiger partial charge in [-0.05, 0) is 52.2 Å². The smallest absolute Gasteiger partial charge is 0.165 e. The highest BCUT2D eigenvalue weighted by Gasteiger charge is 2.21. The van der Waals surface area contributed by atoms with Crippen LogP contribution in [-0.2, 0) is 0 Å². The van der Waals surface area contributed by atoms with Gasteiger partial charge in [0.05, 0.1) is 5.02 Å². The Hall–Kier alpha value is -0.900. The molecule has 20 heavy (non-hydrogen) atoms. The van der Waals surface area contributed by atoms with Crippen LogP contribution in [0.3, 0.4) is 0 Å². The number of carbonyl (C=O) groups excluding carboxylic acids is 1. The van der Waals surface area contributed by atoms with Gasteiger partial charge < -0.3 is 9.80 Å². The molecule has 0 saturated carbocycles. The number of hydrogen-bond donors (Lipinski definition) is 0. The fraction of sp³-hybridized carbons (Fsp3) is 0.562. The molecule has 0 atom stereocenters. The number of rotatable bonds is 5. The molecule has 1 aliphatic heterocycles. The van der Waals surface area contributed by atoms with Gasteiger partial charge in [0, 0.05) is 24.6 Å². The van der Waals surface area contributed by atoms with Gasteiger partial charge in [0.15, 0.2) is 5.78 Å². The number of likely N-dealkylation sites (tertiary alicyclic amines) is 1. The van der Waals surface area contributed by atoms with Crippen molar-refractivity contribution in [3.8, 4) is 0 Å². The molecule has 110 valence electrons. The molecular formula is C16H23ClN2O. The topological polar surface area (TPSA) is 23.6 Å². The first-order chi connectivity index (χ1) is 9.58. The number of nitrogens with zero attached hydrogens (tertiary/aromatic N) is 2. The van der Waals surface area contributed by atoms with Gasteiger partial charge in [0.2, 0.25) is 0 Å². The van der Waals surface area contributed by atoms with Crippen molar-refractivity contribution in [3.63, 3.8) is 0 Å². The highest BCUT2D eigenvalue weighted by atomic mass is 35.5. The van der Waals surface area contributed by atoms with Gasteiger partial charge in [-0.15, -0.1) is 0 Å². The number of benzene rings is 1. The molecule has 0 unspecified atom stereocenters. The van der Waals surface area contributed by atoms with Crippen LogP contribution in [-0.4, -0.2) is 55.4 Å². The summed E-state index contributed by atoms with van der Waals surface area (Å²) in [7, 11) is 4.28. The Morgan fingerprint density at radius 1 is 1.30 bits per heavy atom. The molecule has 1 saturated heterocycles. The van der Waals surface area contributed by atoms with Crippen LogP contribution >= 0.6 is 11.6 Å². The number of hydrogen-bond acceptors (Lipinski definition) is 3. The second kappa shape index (κ2) is 7.21. The summed E-state index contributed by atoms with van der Waals surface area (Å²) in [6.07, 6.45) is 2.93. The van der Waals surface area contributed by atoms with E-state index >= 15 is 0 Å². The molecule has 0 spiro atoms. The Morgan fingerprint density at radius 3 is 2.55 bits per heavy atom. The van der Waals surface area contributed by atoms with E-state index in [0.717, 1.165) is 19.6 Å². The van der Waals surface area contributed by atoms with E-state index in [0.29, 0.717) is 23.0 Å². The van der Waals surface area contributed by atoms with Crippen molar-refractivity contribution in [1.82, 2.24) is 9.80 Å². The summed E-state index contributed by atoms with van der Waals surface area (Å²) in [6.45, 7) is 3.00. The minimum absolute atomic E-state index is 0.144. The monoisotopic (exact) mass is 294 g/mol. The zero-order chi connectivity index (χ0) is 14.5. The van der Waals surface area contributed by atoms with E-state index in [1.165, 1.54) is 12.8 Å². The lowest BCUT2D eigenvalue weighted by Crippen LogP contribution is -2.42. The Labute approximate surface area is 126 Å². The number of Topliss-reactive ketones (excluding diaryl/α,β-unsaturated/α-hetero) is 1. The third-order valence-corrected chi connectivity index (χ3v) is 4.45. The van der Waals surface area contributed by atoms with E-state index in [2.05, 4.69) is 23.9 Å². The highest BCUT2D eigenvalue weighted by molar-refractivity contribution is 6.33. The van der Waals surface area contributed by atoms with E-state index in [1.807, 2.05) is 18.2 Å². The van der Waals surface area contributed by atoms with Crippen molar-refractivity contribution in [2.45, 2.75) is 25.3 Å². The van der Waals surface area contributed by atoms with Gasteiger partial charge in [0.1, 0.15) is 0 Å². The molecule has 3 nitrogen and oxygen atoms in total. The van der Waals surface area contributed by atoms with E-state index < -0.39 is 0 Å². The van der Waals surface area contributed by atoms with Crippen molar-refractivity contribution in [2.75, 3.05) is 33.7 Å². The molecule has 0 N–H and O–H groups in total. The Bertz CT molecular complexity index is 454. The molecule has 0 radical (unpaired) electrons. The quantitative estimate of drug-likeness (QED) is 0.780. The zero-order valence-electron chi connectivity index (χ0n) is 12.3. The first-order valence-corrected chi connectivity index (χ1v) is 7.62. The van der Waals surface area contributed by atoms with Gasteiger partial charge >= 0.3 is 0 Å². The van der Waals surface area contributed by atoms with Crippen molar-refractivity contribution in [1.29, 1.82) is 0 Å². The van der Waals surface area contributed by atoms with Crippen molar-refractivity contribution in [3.05, 3.63) is 34.9 Å². The highest BCUT2D eigenvalue weighted by Crippen LogP contribution is 2.18. The molecule has 1 aliphatic rings. The van der Waals surface area contributed by atoms with Crippen LogP contribution in [0.5, 0.6) is 0 Å². The summed E-state index contributed by atoms with van der Waals surface area (Å²) in [6, 6.07) is 7.98. The van der Waals surface area contributed by atoms with Gasteiger partial charge in [-0.2, -0.15) is 0 Å². The zero-order valence-corrected chi connectivity index (χ0v) is 13.1. The van der Waals surface area contributed by atoms with Crippen LogP contribution in [0.2, 0.25) is 5.02 Å². The first kappa shape index (κ1) is 15.5. The number of halogens is 1. The minimum Gasteiger partial charge on any atom is -0.306 e. The van der Waals surface area contributed by atoms with E-state index in [1.54, 1.807) is 6.07 Å². The fourth-order valence-electron chi connectivity index (χ4n) is 2.74. The molecule has 0 aromatic heterocycles. The molecule has 0 bridgehead atoms. The third-order valence-electron chi connectivity index (χ3n) is 4.12. The molecule has 4 heteroatoms. The molecule has 1 aromatic rings. The van der Waals surface area contributed by atoms with Gasteiger partial charge in [-0.3, -0.25) is 4.79 Å². The maximum absolute atomic E-state index is 12.2. The van der Waals surface area contributed by atoms with Gasteiger partial charge in [0.25, 0.3) is 0 Å². The SMILES string of the molecule is CN(C)C1CCN(CCC(=O)c2ccccc2Cl)CC1. The predicted octanol–water partition coefficient (Wildman–Crippen LogP) is 2.94. The maximum atomic E-state index is 12.2. The maximum Gasteiger partial charge on any atom is 0.165 e. The second-order valence-electron chi connectivity index (χ2n) is 5.69. The lowest BCUT2D eigenvalue weighted by Gasteiger charge is -2.35. The van der Waals surface area contributed by atoms with Crippen molar-refractivity contribution < 1.29 is 4.79 Å². The van der Waals surface area contributed by atoms with Crippen LogP contribution in [0, 0.1) is 0 Å². The summed E-state index contributed by atoms with van der Waals surface area (Å²) in [5, 5.41) is 0.559. The molecule has 1 heterocycles. The fourth-order valence-corrected chi connectivity index (χ4v) is 2.98. The van der Waals surface area contributed by atoms with Gasteiger partial charge in [-0.25, -0.2) is 0 Å². The summed E-state index contributed by atoms with van der Waals surface area (Å²) in [4.78, 5) is 16.8. The lowest BCUT2D eigenvalue weighted by molar-refractivity contribution is 0.0940. The molecule has 2 rings (SSSR count). The first-order valence-electron chi connectivity index (χ1n) is 7.24. The van der Waals surface area contributed by atoms with Crippen LogP contribution in [0.15, 0.2) is 24.3 Å². The van der Waals surface area contributed by atoms with E-state index in [-0.39, 0.29) is 5.78 Å². The molecule has 1 aromatic carbocycles. The lowest BCUT2D eigenvalue weighted by atomic mass is 10.0. The Balaban J connectivity index is 1.79. The number of carbonyl (C=O) groups is 1. The summed E-state index contributed by atoms with van der Waals surface area (Å²) >= 11 is 6.05. The van der Waals surface area contributed by atoms with Crippen LogP contribution in [0.25, 0.3) is 0 Å². The van der Waals surface area contributed by atoms with Crippen molar-refractivity contribution in [2.24, 2.45) is 0 Å². The number of piperidine rings is 1. The van der Waals surface area contributed by atoms with Crippen molar-refractivity contribution >= 4 is 17.4 Å².